The predicted octanol–water partition coefficient (Wildman–Crippen LogP) is 6.28. The maximum Gasteiger partial charge on any atom is 0.210 e. The zero-order chi connectivity index (χ0) is 26.2. The van der Waals surface area contributed by atoms with Gasteiger partial charge < -0.3 is 0 Å². The number of aliphatic imine (C=N–C) groups is 2. The Labute approximate surface area is 211 Å². The fourth-order valence-electron chi connectivity index (χ4n) is 2.99. The van der Waals surface area contributed by atoms with Crippen molar-refractivity contribution in [3.8, 4) is 10.8 Å². The molecule has 0 aliphatic carbocycles. The monoisotopic (exact) mass is 498 g/mol. The number of hydrogen-bond acceptors (Lipinski definition) is 7. The van der Waals surface area contributed by atoms with Crippen molar-refractivity contribution < 1.29 is 4.39 Å². The fraction of sp³-hybridized carbons (Fsp3) is 0.360. The van der Waals surface area contributed by atoms with Gasteiger partial charge in [0.1, 0.15) is 12.5 Å². The maximum absolute atomic E-state index is 10.9. The minimum Gasteiger partial charge on any atom is -0.268 e. The third kappa shape index (κ3) is 8.32. The van der Waals surface area contributed by atoms with Crippen molar-refractivity contribution in [1.29, 1.82) is 0 Å². The van der Waals surface area contributed by atoms with E-state index in [9.17, 15) is 4.39 Å². The third-order valence-corrected chi connectivity index (χ3v) is 5.29. The molecule has 3 aromatic heterocycles. The van der Waals surface area contributed by atoms with E-state index in [1.807, 2.05) is 32.3 Å². The van der Waals surface area contributed by atoms with Crippen LogP contribution in [0.2, 0.25) is 0 Å². The van der Waals surface area contributed by atoms with Gasteiger partial charge in [-0.1, -0.05) is 45.9 Å². The molecule has 10 heteroatoms. The summed E-state index contributed by atoms with van der Waals surface area (Å²) >= 11 is 1.51. The molecule has 3 rings (SSSR count). The average Bonchev–Trinajstić information content (AvgIpc) is 3.64. The maximum atomic E-state index is 10.9. The van der Waals surface area contributed by atoms with Crippen LogP contribution < -0.4 is 0 Å². The van der Waals surface area contributed by atoms with Crippen LogP contribution in [0.3, 0.4) is 0 Å². The Bertz CT molecular complexity index is 1120. The average molecular weight is 499 g/mol. The van der Waals surface area contributed by atoms with E-state index in [1.54, 1.807) is 34.8 Å². The molecule has 0 aliphatic rings. The molecule has 3 aromatic rings. The van der Waals surface area contributed by atoms with Crippen LogP contribution in [-0.2, 0) is 13.5 Å². The normalized spacial score (nSPS) is 11.1. The summed E-state index contributed by atoms with van der Waals surface area (Å²) in [5.74, 6) is 1.84. The van der Waals surface area contributed by atoms with Gasteiger partial charge in [-0.05, 0) is 32.8 Å². The van der Waals surface area contributed by atoms with E-state index < -0.39 is 0 Å². The molecule has 0 spiro atoms. The summed E-state index contributed by atoms with van der Waals surface area (Å²) in [6, 6.07) is 1.91. The first-order valence-electron chi connectivity index (χ1n) is 11.4. The van der Waals surface area contributed by atoms with Crippen molar-refractivity contribution in [3.05, 3.63) is 59.8 Å². The molecule has 0 atom stereocenters. The second-order valence-electron chi connectivity index (χ2n) is 6.76. The van der Waals surface area contributed by atoms with E-state index in [0.717, 1.165) is 40.6 Å². The first-order chi connectivity index (χ1) is 17.0. The van der Waals surface area contributed by atoms with Crippen LogP contribution in [0.25, 0.3) is 22.2 Å². The molecule has 0 radical (unpaired) electrons. The molecule has 8 nitrogen and oxygen atoms in total. The summed E-state index contributed by atoms with van der Waals surface area (Å²) < 4.78 is 14.3. The Morgan fingerprint density at radius 1 is 1.23 bits per heavy atom. The molecule has 0 aliphatic heterocycles. The Hall–Kier alpha value is -3.53. The molecule has 0 bridgehead atoms. The van der Waals surface area contributed by atoms with E-state index in [0.29, 0.717) is 18.1 Å². The number of thiazole rings is 1. The highest BCUT2D eigenvalue weighted by molar-refractivity contribution is 7.13. The van der Waals surface area contributed by atoms with Gasteiger partial charge in [0, 0.05) is 36.8 Å². The van der Waals surface area contributed by atoms with Gasteiger partial charge in [0.25, 0.3) is 0 Å². The first-order valence-corrected chi connectivity index (χ1v) is 12.2. The summed E-state index contributed by atoms with van der Waals surface area (Å²) in [5.41, 5.74) is 2.72. The Morgan fingerprint density at radius 2 is 1.97 bits per heavy atom. The van der Waals surface area contributed by atoms with Gasteiger partial charge in [0.2, 0.25) is 5.82 Å². The van der Waals surface area contributed by atoms with Gasteiger partial charge in [-0.25, -0.2) is 28.7 Å². The lowest BCUT2D eigenvalue weighted by molar-refractivity contribution is 0.561. The smallest absolute Gasteiger partial charge is 0.210 e. The molecule has 0 amide bonds. The van der Waals surface area contributed by atoms with Crippen LogP contribution in [0.1, 0.15) is 52.1 Å². The van der Waals surface area contributed by atoms with Crippen molar-refractivity contribution in [1.82, 2.24) is 29.5 Å². The third-order valence-electron chi connectivity index (χ3n) is 4.52. The van der Waals surface area contributed by atoms with Crippen LogP contribution in [-0.4, -0.2) is 49.6 Å². The minimum absolute atomic E-state index is 0.337. The van der Waals surface area contributed by atoms with Gasteiger partial charge in [-0.15, -0.1) is 16.4 Å². The van der Waals surface area contributed by atoms with Crippen LogP contribution >= 0.6 is 11.3 Å². The van der Waals surface area contributed by atoms with Crippen molar-refractivity contribution in [2.24, 2.45) is 17.0 Å². The van der Waals surface area contributed by atoms with Gasteiger partial charge in [0.05, 0.1) is 11.4 Å². The van der Waals surface area contributed by atoms with Crippen molar-refractivity contribution in [2.75, 3.05) is 6.67 Å². The van der Waals surface area contributed by atoms with Crippen molar-refractivity contribution >= 4 is 36.2 Å². The van der Waals surface area contributed by atoms with Crippen LogP contribution in [0.5, 0.6) is 0 Å². The molecular weight excluding hydrogens is 463 g/mol. The van der Waals surface area contributed by atoms with E-state index in [4.69, 9.17) is 4.98 Å². The lowest BCUT2D eigenvalue weighted by atomic mass is 10.0. The summed E-state index contributed by atoms with van der Waals surface area (Å²) in [5, 5.41) is 11.5. The van der Waals surface area contributed by atoms with Gasteiger partial charge in [0.15, 0.2) is 10.8 Å². The van der Waals surface area contributed by atoms with Gasteiger partial charge >= 0.3 is 0 Å². The first kappa shape index (κ1) is 29.5. The van der Waals surface area contributed by atoms with Gasteiger partial charge in [-0.2, -0.15) is 5.10 Å². The number of aromatic nitrogens is 6. The molecule has 0 fully saturated rings. The molecule has 0 saturated heterocycles. The molecule has 0 aromatic carbocycles. The SMILES string of the molecule is C/C=C\CF.C=NC(=C)n1nccc1C/C(N=C)=C(\CCC)c1nc(-c2nccs2)nn1C.CC. The second-order valence-corrected chi connectivity index (χ2v) is 7.66. The van der Waals surface area contributed by atoms with Gasteiger partial charge in [-0.3, -0.25) is 4.99 Å². The molecule has 0 unspecified atom stereocenters. The van der Waals surface area contributed by atoms with Crippen molar-refractivity contribution in [2.45, 2.75) is 47.0 Å². The Balaban J connectivity index is 0.000000779. The lowest BCUT2D eigenvalue weighted by Gasteiger charge is -2.12. The quantitative estimate of drug-likeness (QED) is 0.243. The summed E-state index contributed by atoms with van der Waals surface area (Å²) in [6.07, 6.45) is 8.85. The molecular formula is C25H35FN8S. The highest BCUT2D eigenvalue weighted by atomic mass is 32.1. The number of aryl methyl sites for hydroxylation is 1. The second kappa shape index (κ2) is 16.2. The number of allylic oxidation sites excluding steroid dienone is 4. The summed E-state index contributed by atoms with van der Waals surface area (Å²) in [7, 11) is 1.88. The molecule has 188 valence electrons. The van der Waals surface area contributed by atoms with Crippen LogP contribution in [0.4, 0.5) is 4.39 Å². The van der Waals surface area contributed by atoms with E-state index in [-0.39, 0.29) is 6.67 Å². The topological polar surface area (TPSA) is 86.1 Å². The highest BCUT2D eigenvalue weighted by Crippen LogP contribution is 2.28. The molecule has 0 saturated carbocycles. The molecule has 0 N–H and O–H groups in total. The number of halogens is 1. The Kier molecular flexibility index (Phi) is 13.6. The number of rotatable bonds is 10. The standard InChI is InChI=1S/C19H22N8S.C4H7F.C2H6/c1-6-7-15(18-24-17(25-26(18)5)19-22-10-11-28-19)16(21-4)12-14-8-9-23-27(14)13(2)20-3;1-2-3-4-5;1-2/h8-11H,2-4,6-7,12H2,1,5H3;2-3H,4H2,1H3;1-2H3/b16-15-;3-2-;. The summed E-state index contributed by atoms with van der Waals surface area (Å²) in [4.78, 5) is 17.2. The highest BCUT2D eigenvalue weighted by Gasteiger charge is 2.19. The Morgan fingerprint density at radius 3 is 2.49 bits per heavy atom. The minimum atomic E-state index is -0.337. The fourth-order valence-corrected chi connectivity index (χ4v) is 3.55. The van der Waals surface area contributed by atoms with E-state index >= 15 is 0 Å². The molecule has 3 heterocycles. The van der Waals surface area contributed by atoms with Crippen molar-refractivity contribution in [3.63, 3.8) is 0 Å². The lowest BCUT2D eigenvalue weighted by Crippen LogP contribution is -2.06. The number of hydrogen-bond donors (Lipinski definition) is 0. The van der Waals surface area contributed by atoms with E-state index in [2.05, 4.69) is 52.1 Å². The number of alkyl halides is 1. The predicted molar refractivity (Wildman–Crippen MR) is 146 cm³/mol. The summed E-state index contributed by atoms with van der Waals surface area (Å²) in [6.45, 7) is 18.8. The largest absolute Gasteiger partial charge is 0.268 e. The van der Waals surface area contributed by atoms with Crippen LogP contribution in [0, 0.1) is 0 Å². The molecule has 35 heavy (non-hydrogen) atoms. The van der Waals surface area contributed by atoms with Crippen LogP contribution in [0.15, 0.2) is 58.3 Å². The van der Waals surface area contributed by atoms with E-state index in [1.165, 1.54) is 17.4 Å². The zero-order valence-corrected chi connectivity index (χ0v) is 22.1. The number of nitrogens with zero attached hydrogens (tertiary/aromatic N) is 8. The zero-order valence-electron chi connectivity index (χ0n) is 21.3.